The Hall–Kier alpha value is -3.67. The second-order valence-corrected chi connectivity index (χ2v) is 12.1. The number of methoxy groups -OCH3 is 1. The molecular weight excluding hydrogens is 596 g/mol. The minimum absolute atomic E-state index is 0.0715. The smallest absolute Gasteiger partial charge is 0.303 e. The highest BCUT2D eigenvalue weighted by Gasteiger charge is 2.51. The standard InChI is InChI=1S/C35H50O11/c1-21(14-11-17-35(7,8)41-9)12-10-13-22(2)15-16-27-19-28(39)23(3)18-29(27)45-34-31(40)33(44-26(6)38)32(43-25(5)37)30(46-34)20-42-24(4)36/h11-12,15,17-19,30-34,39-40H,10,13-14,16,20H2,1-9H3/b17-11+,21-12+,22-15+/t30-,31-,32+,33-,34?/m1/s1. The number of allylic oxidation sites excluding steroid dienone is 5. The molecule has 0 radical (unpaired) electrons. The van der Waals surface area contributed by atoms with E-state index in [-0.39, 0.29) is 18.0 Å². The monoisotopic (exact) mass is 646 g/mol. The zero-order valence-corrected chi connectivity index (χ0v) is 28.5. The van der Waals surface area contributed by atoms with Crippen LogP contribution in [0.15, 0.2) is 47.6 Å². The summed E-state index contributed by atoms with van der Waals surface area (Å²) < 4.78 is 33.3. The molecule has 2 N–H and O–H groups in total. The van der Waals surface area contributed by atoms with Gasteiger partial charge in [0, 0.05) is 33.4 Å². The molecule has 0 spiro atoms. The molecule has 256 valence electrons. The molecule has 1 unspecified atom stereocenters. The van der Waals surface area contributed by atoms with Gasteiger partial charge in [-0.2, -0.15) is 0 Å². The number of benzene rings is 1. The number of aliphatic hydroxyl groups is 1. The largest absolute Gasteiger partial charge is 0.508 e. The Kier molecular flexibility index (Phi) is 15.0. The van der Waals surface area contributed by atoms with Crippen LogP contribution < -0.4 is 4.74 Å². The van der Waals surface area contributed by atoms with Crippen LogP contribution in [0, 0.1) is 6.92 Å². The molecule has 5 atom stereocenters. The van der Waals surface area contributed by atoms with Crippen LogP contribution in [0.1, 0.15) is 78.9 Å². The molecule has 1 heterocycles. The van der Waals surface area contributed by atoms with Gasteiger partial charge in [0.25, 0.3) is 0 Å². The second kappa shape index (κ2) is 17.9. The number of aromatic hydroxyl groups is 1. The molecule has 0 saturated carbocycles. The van der Waals surface area contributed by atoms with Crippen LogP contribution in [0.25, 0.3) is 0 Å². The van der Waals surface area contributed by atoms with Gasteiger partial charge >= 0.3 is 17.9 Å². The first-order chi connectivity index (χ1) is 21.5. The van der Waals surface area contributed by atoms with E-state index in [4.69, 9.17) is 28.4 Å². The van der Waals surface area contributed by atoms with E-state index in [2.05, 4.69) is 25.2 Å². The lowest BCUT2D eigenvalue weighted by molar-refractivity contribution is -0.285. The number of ether oxygens (including phenoxy) is 6. The summed E-state index contributed by atoms with van der Waals surface area (Å²) in [5, 5.41) is 21.7. The Morgan fingerprint density at radius 3 is 2.22 bits per heavy atom. The topological polar surface area (TPSA) is 147 Å². The summed E-state index contributed by atoms with van der Waals surface area (Å²) in [4.78, 5) is 35.3. The summed E-state index contributed by atoms with van der Waals surface area (Å²) in [5.41, 5.74) is 3.25. The zero-order valence-electron chi connectivity index (χ0n) is 28.5. The van der Waals surface area contributed by atoms with Gasteiger partial charge in [-0.15, -0.1) is 0 Å². The number of carbonyl (C=O) groups is 3. The Morgan fingerprint density at radius 2 is 1.61 bits per heavy atom. The minimum Gasteiger partial charge on any atom is -0.508 e. The van der Waals surface area contributed by atoms with Crippen LogP contribution in [0.5, 0.6) is 11.5 Å². The lowest BCUT2D eigenvalue weighted by Crippen LogP contribution is -2.62. The number of hydrogen-bond donors (Lipinski definition) is 2. The number of hydrogen-bond acceptors (Lipinski definition) is 11. The van der Waals surface area contributed by atoms with E-state index in [0.717, 1.165) is 38.7 Å². The van der Waals surface area contributed by atoms with E-state index in [0.29, 0.717) is 23.3 Å². The summed E-state index contributed by atoms with van der Waals surface area (Å²) in [6, 6.07) is 3.21. The Bertz CT molecular complexity index is 1290. The number of phenols is 1. The first-order valence-corrected chi connectivity index (χ1v) is 15.4. The molecule has 0 aliphatic carbocycles. The van der Waals surface area contributed by atoms with Crippen LogP contribution in [-0.4, -0.2) is 78.1 Å². The molecule has 1 aliphatic heterocycles. The molecule has 0 amide bonds. The van der Waals surface area contributed by atoms with Gasteiger partial charge in [0.15, 0.2) is 18.3 Å². The fourth-order valence-electron chi connectivity index (χ4n) is 4.71. The van der Waals surface area contributed by atoms with Crippen molar-refractivity contribution in [1.29, 1.82) is 0 Å². The van der Waals surface area contributed by atoms with Gasteiger partial charge in [0.2, 0.25) is 6.29 Å². The quantitative estimate of drug-likeness (QED) is 0.148. The van der Waals surface area contributed by atoms with Crippen molar-refractivity contribution in [1.82, 2.24) is 0 Å². The van der Waals surface area contributed by atoms with Crippen LogP contribution in [-0.2, 0) is 44.5 Å². The van der Waals surface area contributed by atoms with E-state index in [9.17, 15) is 24.6 Å². The fourth-order valence-corrected chi connectivity index (χ4v) is 4.71. The third-order valence-electron chi connectivity index (χ3n) is 7.48. The van der Waals surface area contributed by atoms with E-state index >= 15 is 0 Å². The van der Waals surface area contributed by atoms with Crippen molar-refractivity contribution in [2.45, 2.75) is 117 Å². The molecule has 46 heavy (non-hydrogen) atoms. The highest BCUT2D eigenvalue weighted by Crippen LogP contribution is 2.33. The molecule has 11 nitrogen and oxygen atoms in total. The maximum atomic E-state index is 11.9. The first-order valence-electron chi connectivity index (χ1n) is 15.4. The molecule has 0 aromatic heterocycles. The predicted octanol–water partition coefficient (Wildman–Crippen LogP) is 5.18. The van der Waals surface area contributed by atoms with Gasteiger partial charge in [-0.3, -0.25) is 14.4 Å². The molecule has 1 aromatic rings. The molecule has 1 aromatic carbocycles. The summed E-state index contributed by atoms with van der Waals surface area (Å²) in [7, 11) is 1.69. The Balaban J connectivity index is 2.24. The van der Waals surface area contributed by atoms with E-state index in [1.807, 2.05) is 26.8 Å². The van der Waals surface area contributed by atoms with Crippen molar-refractivity contribution >= 4 is 17.9 Å². The van der Waals surface area contributed by atoms with Crippen molar-refractivity contribution in [3.63, 3.8) is 0 Å². The third-order valence-corrected chi connectivity index (χ3v) is 7.48. The predicted molar refractivity (Wildman–Crippen MR) is 171 cm³/mol. The van der Waals surface area contributed by atoms with E-state index in [1.54, 1.807) is 26.2 Å². The van der Waals surface area contributed by atoms with Gasteiger partial charge in [-0.1, -0.05) is 35.5 Å². The van der Waals surface area contributed by atoms with Gasteiger partial charge in [0.05, 0.1) is 5.60 Å². The number of aliphatic hydroxyl groups excluding tert-OH is 1. The van der Waals surface area contributed by atoms with Crippen molar-refractivity contribution < 1.29 is 53.0 Å². The number of carbonyl (C=O) groups excluding carboxylic acids is 3. The molecule has 1 saturated heterocycles. The molecule has 1 aliphatic rings. The van der Waals surface area contributed by atoms with Crippen molar-refractivity contribution in [2.24, 2.45) is 0 Å². The van der Waals surface area contributed by atoms with Gasteiger partial charge < -0.3 is 38.6 Å². The highest BCUT2D eigenvalue weighted by atomic mass is 16.7. The zero-order chi connectivity index (χ0) is 34.6. The van der Waals surface area contributed by atoms with Crippen LogP contribution in [0.3, 0.4) is 0 Å². The molecule has 1 fully saturated rings. The summed E-state index contributed by atoms with van der Waals surface area (Å²) in [6.07, 6.45) is 4.64. The third kappa shape index (κ3) is 12.6. The van der Waals surface area contributed by atoms with Crippen molar-refractivity contribution in [2.75, 3.05) is 13.7 Å². The number of esters is 3. The van der Waals surface area contributed by atoms with Crippen LogP contribution >= 0.6 is 0 Å². The van der Waals surface area contributed by atoms with Crippen molar-refractivity contribution in [3.05, 3.63) is 58.7 Å². The molecule has 0 bridgehead atoms. The summed E-state index contributed by atoms with van der Waals surface area (Å²) in [6.45, 7) is 13.0. The lowest BCUT2D eigenvalue weighted by Gasteiger charge is -2.42. The number of phenolic OH excluding ortho intramolecular Hbond substituents is 1. The second-order valence-electron chi connectivity index (χ2n) is 12.1. The lowest BCUT2D eigenvalue weighted by atomic mass is 9.98. The highest BCUT2D eigenvalue weighted by molar-refractivity contribution is 5.68. The first kappa shape index (κ1) is 38.5. The molecule has 11 heteroatoms. The Morgan fingerprint density at radius 1 is 0.957 bits per heavy atom. The van der Waals surface area contributed by atoms with Gasteiger partial charge in [-0.25, -0.2) is 0 Å². The van der Waals surface area contributed by atoms with E-state index in [1.165, 1.54) is 12.5 Å². The normalized spacial score (nSPS) is 22.4. The van der Waals surface area contributed by atoms with Gasteiger partial charge in [0.1, 0.15) is 24.2 Å². The van der Waals surface area contributed by atoms with Crippen LogP contribution in [0.2, 0.25) is 0 Å². The maximum Gasteiger partial charge on any atom is 0.303 e. The minimum atomic E-state index is -1.58. The Labute approximate surface area is 272 Å². The average molecular weight is 647 g/mol. The molecule has 2 rings (SSSR count). The van der Waals surface area contributed by atoms with Gasteiger partial charge in [-0.05, 0) is 78.0 Å². The number of aryl methyl sites for hydroxylation is 1. The fraction of sp³-hybridized carbons (Fsp3) is 0.571. The molecular formula is C35H50O11. The summed E-state index contributed by atoms with van der Waals surface area (Å²) >= 11 is 0. The number of rotatable bonds is 15. The van der Waals surface area contributed by atoms with Crippen LogP contribution in [0.4, 0.5) is 0 Å². The SMILES string of the molecule is COC(C)(C)/C=C/C/C(C)=C/CC/C(C)=C/Cc1cc(O)c(C)cc1OC1O[C@H](COC(C)=O)[C@H](OC(C)=O)[C@H](OC(C)=O)[C@H]1O. The maximum absolute atomic E-state index is 11.9. The summed E-state index contributed by atoms with van der Waals surface area (Å²) in [5.74, 6) is -1.65. The van der Waals surface area contributed by atoms with E-state index < -0.39 is 48.6 Å². The van der Waals surface area contributed by atoms with Crippen molar-refractivity contribution in [3.8, 4) is 11.5 Å². The average Bonchev–Trinajstić information content (AvgIpc) is 2.96.